The summed E-state index contributed by atoms with van der Waals surface area (Å²) in [6.07, 6.45) is 16.7. The van der Waals surface area contributed by atoms with Gasteiger partial charge in [-0.1, -0.05) is 4.99 Å². The summed E-state index contributed by atoms with van der Waals surface area (Å²) in [5.41, 5.74) is -0.117. The summed E-state index contributed by atoms with van der Waals surface area (Å²) in [6, 6.07) is 0. The topological polar surface area (TPSA) is 37.0 Å². The van der Waals surface area contributed by atoms with Gasteiger partial charge in [0, 0.05) is 11.1 Å². The average molecular weight is 414 g/mol. The van der Waals surface area contributed by atoms with Crippen molar-refractivity contribution in [2.45, 2.75) is 58.0 Å². The van der Waals surface area contributed by atoms with E-state index in [4.69, 9.17) is 9.98 Å². The third-order valence-electron chi connectivity index (χ3n) is 4.62. The number of aryl methyl sites for hydroxylation is 1. The first-order valence-electron chi connectivity index (χ1n) is 8.40. The molecule has 140 valence electrons. The highest BCUT2D eigenvalue weighted by molar-refractivity contribution is 5.14. The van der Waals surface area contributed by atoms with Crippen molar-refractivity contribution in [3.63, 3.8) is 0 Å². The number of hydrogen-bond donors (Lipinski definition) is 0. The summed E-state index contributed by atoms with van der Waals surface area (Å²) < 4.78 is 3.94. The third kappa shape index (κ3) is 4.44. The summed E-state index contributed by atoms with van der Waals surface area (Å²) in [7, 11) is 1.99. The van der Waals surface area contributed by atoms with Gasteiger partial charge in [0.2, 0.25) is 0 Å². The molecule has 0 aliphatic carbocycles. The van der Waals surface area contributed by atoms with E-state index in [0.29, 0.717) is 0 Å². The Bertz CT molecular complexity index is 611. The lowest BCUT2D eigenvalue weighted by Crippen LogP contribution is -3.00. The molecule has 1 fully saturated rings. The molecule has 0 N–H and O–H groups in total. The first kappa shape index (κ1) is 20.0. The van der Waals surface area contributed by atoms with Crippen molar-refractivity contribution in [1.29, 1.82) is 0 Å². The minimum absolute atomic E-state index is 0. The molecule has 0 amide bonds. The van der Waals surface area contributed by atoms with E-state index in [9.17, 15) is 0 Å². The first-order valence-corrected chi connectivity index (χ1v) is 8.40. The monoisotopic (exact) mass is 413 g/mol. The Morgan fingerprint density at radius 1 is 0.920 bits per heavy atom. The van der Waals surface area contributed by atoms with E-state index >= 15 is 0 Å². The Morgan fingerprint density at radius 2 is 1.52 bits per heavy atom. The van der Waals surface area contributed by atoms with E-state index in [1.807, 2.05) is 69.9 Å². The largest absolute Gasteiger partial charge is 1.00 e. The molecule has 0 bridgehead atoms. The summed E-state index contributed by atoms with van der Waals surface area (Å²) in [4.78, 5) is 11.3. The summed E-state index contributed by atoms with van der Waals surface area (Å²) in [6.45, 7) is 8.75. The highest BCUT2D eigenvalue weighted by Crippen LogP contribution is 2.38. The maximum atomic E-state index is 5.73. The van der Waals surface area contributed by atoms with Crippen molar-refractivity contribution >= 4 is 0 Å². The van der Waals surface area contributed by atoms with Gasteiger partial charge in [-0.25, -0.2) is 9.63 Å². The van der Waals surface area contributed by atoms with Crippen LogP contribution in [-0.2, 0) is 17.0 Å². The van der Waals surface area contributed by atoms with Crippen LogP contribution in [0.25, 0.3) is 0 Å². The van der Waals surface area contributed by atoms with Gasteiger partial charge in [0.1, 0.15) is 6.20 Å². The molecular formula is C17H28BrN5O2. The molecule has 2 aliphatic heterocycles. The lowest BCUT2D eigenvalue weighted by Gasteiger charge is -2.49. The fourth-order valence-corrected chi connectivity index (χ4v) is 3.39. The van der Waals surface area contributed by atoms with Crippen molar-refractivity contribution in [2.75, 3.05) is 5.01 Å². The fourth-order valence-electron chi connectivity index (χ4n) is 3.39. The number of hydrogen-bond acceptors (Lipinski definition) is 5. The molecule has 8 heteroatoms. The Kier molecular flexibility index (Phi) is 5.98. The molecular weight excluding hydrogens is 386 g/mol. The van der Waals surface area contributed by atoms with E-state index in [1.165, 1.54) is 6.42 Å². The lowest BCUT2D eigenvalue weighted by molar-refractivity contribution is -0.671. The molecule has 3 rings (SSSR count). The van der Waals surface area contributed by atoms with Crippen molar-refractivity contribution in [1.82, 2.24) is 14.8 Å². The minimum atomic E-state index is -0.0586. The normalized spacial score (nSPS) is 22.1. The van der Waals surface area contributed by atoms with E-state index < -0.39 is 0 Å². The Hall–Kier alpha value is -1.35. The van der Waals surface area contributed by atoms with Crippen LogP contribution in [0.3, 0.4) is 0 Å². The van der Waals surface area contributed by atoms with Crippen LogP contribution < -0.4 is 26.6 Å². The summed E-state index contributed by atoms with van der Waals surface area (Å²) in [5, 5.41) is 5.47. The van der Waals surface area contributed by atoms with Crippen molar-refractivity contribution in [3.8, 4) is 0 Å². The lowest BCUT2D eigenvalue weighted by atomic mass is 9.82. The van der Waals surface area contributed by atoms with Gasteiger partial charge >= 0.3 is 0 Å². The van der Waals surface area contributed by atoms with Crippen LogP contribution in [0.5, 0.6) is 0 Å². The number of rotatable bonds is 4. The molecule has 2 aliphatic rings. The van der Waals surface area contributed by atoms with E-state index in [-0.39, 0.29) is 28.1 Å². The maximum absolute atomic E-state index is 5.73. The van der Waals surface area contributed by atoms with E-state index in [1.54, 1.807) is 5.06 Å². The highest BCUT2D eigenvalue weighted by Gasteiger charge is 2.43. The van der Waals surface area contributed by atoms with Gasteiger partial charge < -0.3 is 17.0 Å². The molecule has 0 aromatic carbocycles. The second-order valence-electron chi connectivity index (χ2n) is 7.72. The molecule has 1 saturated heterocycles. The predicted molar refractivity (Wildman–Crippen MR) is 90.0 cm³/mol. The molecule has 3 heterocycles. The van der Waals surface area contributed by atoms with Crippen molar-refractivity contribution in [2.24, 2.45) is 7.05 Å². The second kappa shape index (κ2) is 7.49. The Labute approximate surface area is 160 Å². The van der Waals surface area contributed by atoms with E-state index in [0.717, 1.165) is 12.8 Å². The van der Waals surface area contributed by atoms with Crippen LogP contribution in [0, 0.1) is 0 Å². The third-order valence-corrected chi connectivity index (χ3v) is 4.62. The van der Waals surface area contributed by atoms with Gasteiger partial charge in [-0.3, -0.25) is 0 Å². The molecule has 7 nitrogen and oxygen atoms in total. The highest BCUT2D eigenvalue weighted by atomic mass is 79.9. The van der Waals surface area contributed by atoms with Crippen LogP contribution >= 0.6 is 0 Å². The zero-order chi connectivity index (χ0) is 17.4. The first-order chi connectivity index (χ1) is 11.3. The smallest absolute Gasteiger partial charge is 0.267 e. The molecule has 0 radical (unpaired) electrons. The Morgan fingerprint density at radius 3 is 2.04 bits per heavy atom. The Balaban J connectivity index is 0.00000225. The minimum Gasteiger partial charge on any atom is -1.00 e. The molecule has 0 unspecified atom stereocenters. The zero-order valence-corrected chi connectivity index (χ0v) is 17.2. The molecule has 1 aromatic heterocycles. The van der Waals surface area contributed by atoms with Gasteiger partial charge in [0.05, 0.1) is 31.8 Å². The number of piperidine rings is 1. The van der Waals surface area contributed by atoms with Crippen LogP contribution in [-0.4, -0.2) is 25.9 Å². The van der Waals surface area contributed by atoms with Crippen molar-refractivity contribution < 1.29 is 31.5 Å². The summed E-state index contributed by atoms with van der Waals surface area (Å²) >= 11 is 0. The SMILES string of the molecule is C[n+]1ccn(N2C=CN(OON3C(C)(C)CCCC3(C)C)C=C2)c1.[Br-]. The fraction of sp³-hybridized carbons (Fsp3) is 0.588. The molecule has 0 atom stereocenters. The van der Waals surface area contributed by atoms with Crippen LogP contribution in [0.1, 0.15) is 47.0 Å². The van der Waals surface area contributed by atoms with Crippen molar-refractivity contribution in [3.05, 3.63) is 43.5 Å². The molecule has 25 heavy (non-hydrogen) atoms. The second-order valence-corrected chi connectivity index (χ2v) is 7.72. The van der Waals surface area contributed by atoms with Gasteiger partial charge in [-0.15, -0.1) is 14.7 Å². The molecule has 0 spiro atoms. The van der Waals surface area contributed by atoms with Gasteiger partial charge in [-0.05, 0) is 47.0 Å². The van der Waals surface area contributed by atoms with Crippen LogP contribution in [0.2, 0.25) is 0 Å². The van der Waals surface area contributed by atoms with Gasteiger partial charge in [0.25, 0.3) is 6.33 Å². The number of aromatic nitrogens is 2. The number of halogens is 1. The van der Waals surface area contributed by atoms with E-state index in [2.05, 4.69) is 27.7 Å². The number of hydroxylamine groups is 4. The van der Waals surface area contributed by atoms with Gasteiger partial charge in [-0.2, -0.15) is 5.01 Å². The van der Waals surface area contributed by atoms with Crippen LogP contribution in [0.15, 0.2) is 43.5 Å². The maximum Gasteiger partial charge on any atom is 0.267 e. The van der Waals surface area contributed by atoms with Crippen LogP contribution in [0.4, 0.5) is 0 Å². The zero-order valence-electron chi connectivity index (χ0n) is 15.6. The molecule has 1 aromatic rings. The number of imidazole rings is 1. The summed E-state index contributed by atoms with van der Waals surface area (Å²) in [5.74, 6) is 0. The average Bonchev–Trinajstić information content (AvgIpc) is 2.93. The quantitative estimate of drug-likeness (QED) is 0.372. The molecule has 0 saturated carbocycles. The predicted octanol–water partition coefficient (Wildman–Crippen LogP) is -0.666. The standard InChI is InChI=1S/C17H28N5O2.BrH/c1-16(2)7-6-8-17(3,4)22(16)24-23-21-13-11-19(12-14-21)20-10-9-18(5)15-20;/h9-15H,6-8H2,1-5H3;1H/q+1;/p-1. The van der Waals surface area contributed by atoms with Gasteiger partial charge in [0.15, 0.2) is 6.20 Å². The number of nitrogens with zero attached hydrogens (tertiary/aromatic N) is 5.